The Morgan fingerprint density at radius 2 is 1.96 bits per heavy atom. The third-order valence-corrected chi connectivity index (χ3v) is 3.68. The lowest BCUT2D eigenvalue weighted by Crippen LogP contribution is -2.18. The van der Waals surface area contributed by atoms with E-state index in [0.29, 0.717) is 5.56 Å². The van der Waals surface area contributed by atoms with Crippen LogP contribution in [0.1, 0.15) is 17.5 Å². The molecule has 2 rings (SSSR count). The maximum atomic E-state index is 12.0. The predicted molar refractivity (Wildman–Crippen MR) is 91.9 cm³/mol. The Labute approximate surface area is 148 Å². The molecular weight excluding hydrogens is 348 g/mol. The zero-order chi connectivity index (χ0) is 18.2. The average molecular weight is 363 g/mol. The first-order chi connectivity index (χ1) is 12.0. The number of nitro groups is 1. The molecule has 0 aliphatic rings. The fourth-order valence-corrected chi connectivity index (χ4v) is 2.34. The molecule has 130 valence electrons. The van der Waals surface area contributed by atoms with Gasteiger partial charge in [0.1, 0.15) is 6.61 Å². The summed E-state index contributed by atoms with van der Waals surface area (Å²) in [5.74, 6) is -0.775. The second-order valence-electron chi connectivity index (χ2n) is 5.14. The Kier molecular flexibility index (Phi) is 6.47. The Morgan fingerprint density at radius 3 is 2.60 bits per heavy atom. The molecule has 0 fully saturated rings. The van der Waals surface area contributed by atoms with Crippen molar-refractivity contribution >= 4 is 29.0 Å². The smallest absolute Gasteiger partial charge is 0.356 e. The first-order valence-electron chi connectivity index (χ1n) is 7.36. The summed E-state index contributed by atoms with van der Waals surface area (Å²) < 4.78 is 5.08. The number of carbonyl (C=O) groups excluding carboxylic acids is 1. The highest BCUT2D eigenvalue weighted by Gasteiger charge is 2.19. The number of oxime groups is 1. The minimum Gasteiger partial charge on any atom is -0.456 e. The molecule has 7 nitrogen and oxygen atoms in total. The number of nitro benzene ring substituents is 1. The van der Waals surface area contributed by atoms with Gasteiger partial charge < -0.3 is 9.94 Å². The van der Waals surface area contributed by atoms with Crippen molar-refractivity contribution in [3.63, 3.8) is 0 Å². The van der Waals surface area contributed by atoms with Crippen LogP contribution in [-0.2, 0) is 22.6 Å². The van der Waals surface area contributed by atoms with Gasteiger partial charge in [0, 0.05) is 23.1 Å². The highest BCUT2D eigenvalue weighted by atomic mass is 35.5. The van der Waals surface area contributed by atoms with Crippen molar-refractivity contribution in [3.8, 4) is 0 Å². The van der Waals surface area contributed by atoms with Crippen LogP contribution in [0.5, 0.6) is 0 Å². The van der Waals surface area contributed by atoms with Crippen molar-refractivity contribution in [1.82, 2.24) is 0 Å². The zero-order valence-electron chi connectivity index (χ0n) is 13.1. The first-order valence-corrected chi connectivity index (χ1v) is 7.74. The maximum Gasteiger partial charge on any atom is 0.356 e. The summed E-state index contributed by atoms with van der Waals surface area (Å²) in [4.78, 5) is 22.5. The van der Waals surface area contributed by atoms with E-state index in [4.69, 9.17) is 21.5 Å². The van der Waals surface area contributed by atoms with Crippen LogP contribution in [-0.4, -0.2) is 21.8 Å². The molecule has 0 spiro atoms. The quantitative estimate of drug-likeness (QED) is 0.265. The molecule has 2 aromatic carbocycles. The topological polar surface area (TPSA) is 102 Å². The fourth-order valence-electron chi connectivity index (χ4n) is 2.17. The minimum absolute atomic E-state index is 0.00735. The van der Waals surface area contributed by atoms with Gasteiger partial charge in [-0.15, -0.1) is 0 Å². The van der Waals surface area contributed by atoms with Gasteiger partial charge in [0.15, 0.2) is 5.71 Å². The molecule has 0 atom stereocenters. The lowest BCUT2D eigenvalue weighted by atomic mass is 10.1. The normalized spacial score (nSPS) is 11.2. The average Bonchev–Trinajstić information content (AvgIpc) is 2.62. The molecule has 0 radical (unpaired) electrons. The highest BCUT2D eigenvalue weighted by molar-refractivity contribution is 6.36. The molecule has 0 saturated heterocycles. The van der Waals surface area contributed by atoms with Crippen LogP contribution in [0.2, 0.25) is 5.02 Å². The van der Waals surface area contributed by atoms with Gasteiger partial charge in [-0.05, 0) is 18.1 Å². The van der Waals surface area contributed by atoms with Crippen molar-refractivity contribution in [2.24, 2.45) is 5.16 Å². The molecule has 0 aliphatic carbocycles. The number of rotatable bonds is 7. The van der Waals surface area contributed by atoms with Gasteiger partial charge in [0.05, 0.1) is 4.92 Å². The number of carbonyl (C=O) groups is 1. The molecule has 8 heteroatoms. The van der Waals surface area contributed by atoms with E-state index >= 15 is 0 Å². The molecule has 0 unspecified atom stereocenters. The van der Waals surface area contributed by atoms with Crippen LogP contribution in [0.4, 0.5) is 5.69 Å². The third kappa shape index (κ3) is 5.29. The summed E-state index contributed by atoms with van der Waals surface area (Å²) in [6.45, 7) is 0.0415. The lowest BCUT2D eigenvalue weighted by Gasteiger charge is -2.07. The molecule has 0 bridgehead atoms. The number of benzene rings is 2. The molecule has 0 heterocycles. The van der Waals surface area contributed by atoms with E-state index in [-0.39, 0.29) is 35.9 Å². The number of esters is 1. The Bertz CT molecular complexity index is 793. The van der Waals surface area contributed by atoms with Crippen LogP contribution >= 0.6 is 11.6 Å². The first kappa shape index (κ1) is 18.4. The number of halogens is 1. The summed E-state index contributed by atoms with van der Waals surface area (Å²) in [5.41, 5.74) is 0.815. The Balaban J connectivity index is 1.98. The second kappa shape index (κ2) is 8.79. The number of nitrogens with zero attached hydrogens (tertiary/aromatic N) is 2. The Morgan fingerprint density at radius 1 is 1.24 bits per heavy atom. The summed E-state index contributed by atoms with van der Waals surface area (Å²) >= 11 is 5.76. The summed E-state index contributed by atoms with van der Waals surface area (Å²) in [6.07, 6.45) is 0.125. The van der Waals surface area contributed by atoms with E-state index in [0.717, 1.165) is 5.56 Å². The van der Waals surface area contributed by atoms with E-state index in [1.807, 2.05) is 18.2 Å². The van der Waals surface area contributed by atoms with Crippen LogP contribution < -0.4 is 0 Å². The van der Waals surface area contributed by atoms with Gasteiger partial charge in [-0.2, -0.15) is 0 Å². The van der Waals surface area contributed by atoms with Gasteiger partial charge in [0.25, 0.3) is 5.69 Å². The van der Waals surface area contributed by atoms with E-state index in [2.05, 4.69) is 5.16 Å². The van der Waals surface area contributed by atoms with E-state index in [1.54, 1.807) is 12.1 Å². The van der Waals surface area contributed by atoms with Gasteiger partial charge >= 0.3 is 5.97 Å². The largest absolute Gasteiger partial charge is 0.456 e. The SMILES string of the molecule is O=C(OCc1ccccc1)/C(CCc1ccc(Cl)cc1[N+](=O)[O-])=N\O. The minimum atomic E-state index is -0.775. The molecule has 0 aromatic heterocycles. The second-order valence-corrected chi connectivity index (χ2v) is 5.58. The van der Waals surface area contributed by atoms with Crippen molar-refractivity contribution in [1.29, 1.82) is 0 Å². The molecule has 1 N–H and O–H groups in total. The van der Waals surface area contributed by atoms with Crippen molar-refractivity contribution < 1.29 is 19.7 Å². The van der Waals surface area contributed by atoms with Crippen molar-refractivity contribution in [3.05, 3.63) is 74.8 Å². The van der Waals surface area contributed by atoms with Gasteiger partial charge in [-0.25, -0.2) is 4.79 Å². The van der Waals surface area contributed by atoms with Crippen LogP contribution in [0, 0.1) is 10.1 Å². The van der Waals surface area contributed by atoms with Crippen molar-refractivity contribution in [2.45, 2.75) is 19.4 Å². The van der Waals surface area contributed by atoms with E-state index < -0.39 is 10.9 Å². The standard InChI is InChI=1S/C17H15ClN2O5/c18-14-8-6-13(16(10-14)20(23)24)7-9-15(19-22)17(21)25-11-12-4-2-1-3-5-12/h1-6,8,10,22H,7,9,11H2/b19-15-. The molecule has 25 heavy (non-hydrogen) atoms. The van der Waals surface area contributed by atoms with E-state index in [1.165, 1.54) is 18.2 Å². The molecule has 2 aromatic rings. The van der Waals surface area contributed by atoms with Gasteiger partial charge in [0.2, 0.25) is 0 Å². The van der Waals surface area contributed by atoms with Crippen molar-refractivity contribution in [2.75, 3.05) is 0 Å². The number of hydrogen-bond donors (Lipinski definition) is 1. The summed E-state index contributed by atoms with van der Waals surface area (Å²) in [6, 6.07) is 13.3. The predicted octanol–water partition coefficient (Wildman–Crippen LogP) is 3.75. The van der Waals surface area contributed by atoms with Crippen LogP contribution in [0.25, 0.3) is 0 Å². The lowest BCUT2D eigenvalue weighted by molar-refractivity contribution is -0.385. The molecule has 0 amide bonds. The van der Waals surface area contributed by atoms with Crippen LogP contribution in [0.15, 0.2) is 53.7 Å². The summed E-state index contributed by atoms with van der Waals surface area (Å²) in [7, 11) is 0. The molecule has 0 aliphatic heterocycles. The highest BCUT2D eigenvalue weighted by Crippen LogP contribution is 2.24. The number of aryl methyl sites for hydroxylation is 1. The number of ether oxygens (including phenoxy) is 1. The maximum absolute atomic E-state index is 12.0. The van der Waals surface area contributed by atoms with Gasteiger partial charge in [-0.1, -0.05) is 53.2 Å². The van der Waals surface area contributed by atoms with Crippen LogP contribution in [0.3, 0.4) is 0 Å². The number of hydrogen-bond acceptors (Lipinski definition) is 6. The fraction of sp³-hybridized carbons (Fsp3) is 0.176. The zero-order valence-corrected chi connectivity index (χ0v) is 13.8. The Hall–Kier alpha value is -2.93. The van der Waals surface area contributed by atoms with E-state index in [9.17, 15) is 14.9 Å². The third-order valence-electron chi connectivity index (χ3n) is 3.44. The summed E-state index contributed by atoms with van der Waals surface area (Å²) in [5, 5.41) is 23.3. The van der Waals surface area contributed by atoms with Gasteiger partial charge in [-0.3, -0.25) is 10.1 Å². The monoisotopic (exact) mass is 362 g/mol. The molecule has 0 saturated carbocycles. The molecular formula is C17H15ClN2O5.